The lowest BCUT2D eigenvalue weighted by atomic mass is 10.1. The third-order valence-electron chi connectivity index (χ3n) is 5.31. The van der Waals surface area contributed by atoms with E-state index in [1.165, 1.54) is 17.7 Å². The molecule has 4 rings (SSSR count). The Labute approximate surface area is 182 Å². The molecule has 0 aromatic heterocycles. The van der Waals surface area contributed by atoms with Crippen molar-refractivity contribution >= 4 is 17.2 Å². The summed E-state index contributed by atoms with van der Waals surface area (Å²) in [5.41, 5.74) is 3.27. The number of halogens is 1. The molecular formula is C25H25FN2OS. The lowest BCUT2D eigenvalue weighted by Crippen LogP contribution is -2.48. The Bertz CT molecular complexity index is 970. The van der Waals surface area contributed by atoms with Gasteiger partial charge in [0.05, 0.1) is 0 Å². The van der Waals surface area contributed by atoms with Gasteiger partial charge in [0.15, 0.2) is 0 Å². The summed E-state index contributed by atoms with van der Waals surface area (Å²) in [6.45, 7) is 5.22. The highest BCUT2D eigenvalue weighted by Gasteiger charge is 2.20. The molecular weight excluding hydrogens is 395 g/mol. The average molecular weight is 421 g/mol. The highest BCUT2D eigenvalue weighted by molar-refractivity contribution is 7.80. The molecule has 1 fully saturated rings. The normalized spacial score (nSPS) is 14.5. The molecule has 0 unspecified atom stereocenters. The van der Waals surface area contributed by atoms with Crippen molar-refractivity contribution in [2.75, 3.05) is 26.2 Å². The minimum absolute atomic E-state index is 0.241. The molecule has 154 valence electrons. The first-order valence-electron chi connectivity index (χ1n) is 10.2. The minimum atomic E-state index is -0.241. The van der Waals surface area contributed by atoms with Gasteiger partial charge in [0.2, 0.25) is 0 Å². The van der Waals surface area contributed by atoms with Crippen LogP contribution in [0.2, 0.25) is 0 Å². The summed E-state index contributed by atoms with van der Waals surface area (Å²) >= 11 is 5.77. The Morgan fingerprint density at radius 2 is 1.57 bits per heavy atom. The number of benzene rings is 3. The number of ether oxygens (including phenoxy) is 1. The summed E-state index contributed by atoms with van der Waals surface area (Å²) in [6, 6.07) is 24.9. The third-order valence-corrected chi connectivity index (χ3v) is 5.80. The van der Waals surface area contributed by atoms with Crippen molar-refractivity contribution in [2.45, 2.75) is 13.2 Å². The Morgan fingerprint density at radius 1 is 0.833 bits per heavy atom. The van der Waals surface area contributed by atoms with E-state index in [2.05, 4.69) is 40.1 Å². The van der Waals surface area contributed by atoms with Gasteiger partial charge in [0, 0.05) is 38.3 Å². The molecule has 30 heavy (non-hydrogen) atoms. The highest BCUT2D eigenvalue weighted by Crippen LogP contribution is 2.19. The maximum atomic E-state index is 13.0. The van der Waals surface area contributed by atoms with Crippen LogP contribution in [-0.4, -0.2) is 41.0 Å². The van der Waals surface area contributed by atoms with Crippen molar-refractivity contribution < 1.29 is 9.13 Å². The molecule has 1 saturated heterocycles. The Balaban J connectivity index is 1.31. The van der Waals surface area contributed by atoms with E-state index < -0.39 is 0 Å². The first-order valence-corrected chi connectivity index (χ1v) is 10.6. The van der Waals surface area contributed by atoms with Crippen molar-refractivity contribution in [1.82, 2.24) is 9.80 Å². The topological polar surface area (TPSA) is 15.7 Å². The van der Waals surface area contributed by atoms with Crippen LogP contribution in [-0.2, 0) is 13.2 Å². The molecule has 0 radical (unpaired) electrons. The summed E-state index contributed by atoms with van der Waals surface area (Å²) in [5.74, 6) is 0.525. The minimum Gasteiger partial charge on any atom is -0.489 e. The van der Waals surface area contributed by atoms with Crippen LogP contribution < -0.4 is 4.74 Å². The predicted molar refractivity (Wildman–Crippen MR) is 122 cm³/mol. The van der Waals surface area contributed by atoms with Crippen LogP contribution in [0.1, 0.15) is 16.7 Å². The van der Waals surface area contributed by atoms with Crippen molar-refractivity contribution in [3.8, 4) is 5.75 Å². The molecule has 1 aliphatic heterocycles. The SMILES string of the molecule is Fc1ccc(COc2cccc(C(=S)N3CCN(Cc4ccccc4)CC3)c2)cc1. The number of hydrogen-bond donors (Lipinski definition) is 0. The van der Waals surface area contributed by atoms with Crippen molar-refractivity contribution in [3.05, 3.63) is 101 Å². The molecule has 0 atom stereocenters. The summed E-state index contributed by atoms with van der Waals surface area (Å²) in [7, 11) is 0. The van der Waals surface area contributed by atoms with Gasteiger partial charge in [0.1, 0.15) is 23.2 Å². The number of piperazine rings is 1. The van der Waals surface area contributed by atoms with Gasteiger partial charge in [-0.05, 0) is 35.4 Å². The third kappa shape index (κ3) is 5.43. The fourth-order valence-electron chi connectivity index (χ4n) is 3.60. The smallest absolute Gasteiger partial charge is 0.123 e. The summed E-state index contributed by atoms with van der Waals surface area (Å²) in [4.78, 5) is 5.61. The van der Waals surface area contributed by atoms with Crippen molar-refractivity contribution in [1.29, 1.82) is 0 Å². The zero-order chi connectivity index (χ0) is 20.8. The summed E-state index contributed by atoms with van der Waals surface area (Å²) in [5, 5.41) is 0. The second-order valence-corrected chi connectivity index (χ2v) is 7.88. The Kier molecular flexibility index (Phi) is 6.72. The second kappa shape index (κ2) is 9.83. The van der Waals surface area contributed by atoms with E-state index in [4.69, 9.17) is 17.0 Å². The molecule has 0 N–H and O–H groups in total. The van der Waals surface area contributed by atoms with Crippen LogP contribution in [0.15, 0.2) is 78.9 Å². The molecule has 0 bridgehead atoms. The number of thiocarbonyl (C=S) groups is 1. The number of hydrogen-bond acceptors (Lipinski definition) is 3. The van der Waals surface area contributed by atoms with E-state index in [-0.39, 0.29) is 5.82 Å². The molecule has 0 amide bonds. The van der Waals surface area contributed by atoms with Crippen LogP contribution in [0.3, 0.4) is 0 Å². The van der Waals surface area contributed by atoms with Gasteiger partial charge in [-0.3, -0.25) is 4.90 Å². The molecule has 1 heterocycles. The van der Waals surface area contributed by atoms with Gasteiger partial charge in [-0.2, -0.15) is 0 Å². The molecule has 3 aromatic rings. The van der Waals surface area contributed by atoms with E-state index in [1.54, 1.807) is 12.1 Å². The largest absolute Gasteiger partial charge is 0.489 e. The molecule has 1 aliphatic rings. The van der Waals surface area contributed by atoms with E-state index >= 15 is 0 Å². The van der Waals surface area contributed by atoms with Crippen molar-refractivity contribution in [3.63, 3.8) is 0 Å². The monoisotopic (exact) mass is 420 g/mol. The standard InChI is InChI=1S/C25H25FN2OS/c26-23-11-9-21(10-12-23)19-29-24-8-4-7-22(17-24)25(30)28-15-13-27(14-16-28)18-20-5-2-1-3-6-20/h1-12,17H,13-16,18-19H2. The van der Waals surface area contributed by atoms with Gasteiger partial charge in [-0.1, -0.05) is 66.8 Å². The maximum absolute atomic E-state index is 13.0. The van der Waals surface area contributed by atoms with E-state index in [0.29, 0.717) is 6.61 Å². The zero-order valence-electron chi connectivity index (χ0n) is 16.8. The lowest BCUT2D eigenvalue weighted by Gasteiger charge is -2.36. The van der Waals surface area contributed by atoms with Gasteiger partial charge >= 0.3 is 0 Å². The second-order valence-electron chi connectivity index (χ2n) is 7.50. The number of rotatable bonds is 6. The first-order chi connectivity index (χ1) is 14.7. The Morgan fingerprint density at radius 3 is 2.30 bits per heavy atom. The van der Waals surface area contributed by atoms with E-state index in [0.717, 1.165) is 54.6 Å². The maximum Gasteiger partial charge on any atom is 0.123 e. The highest BCUT2D eigenvalue weighted by atomic mass is 32.1. The van der Waals surface area contributed by atoms with Crippen LogP contribution in [0.5, 0.6) is 5.75 Å². The van der Waals surface area contributed by atoms with Crippen LogP contribution in [0.25, 0.3) is 0 Å². The molecule has 3 aromatic carbocycles. The Hall–Kier alpha value is -2.76. The van der Waals surface area contributed by atoms with Gasteiger partial charge in [0.25, 0.3) is 0 Å². The van der Waals surface area contributed by atoms with Gasteiger partial charge in [-0.25, -0.2) is 4.39 Å². The van der Waals surface area contributed by atoms with Crippen molar-refractivity contribution in [2.24, 2.45) is 0 Å². The fourth-order valence-corrected chi connectivity index (χ4v) is 3.91. The van der Waals surface area contributed by atoms with Crippen LogP contribution in [0, 0.1) is 5.82 Å². The molecule has 3 nitrogen and oxygen atoms in total. The van der Waals surface area contributed by atoms with Gasteiger partial charge in [-0.15, -0.1) is 0 Å². The van der Waals surface area contributed by atoms with E-state index in [1.807, 2.05) is 24.3 Å². The predicted octanol–water partition coefficient (Wildman–Crippen LogP) is 4.90. The van der Waals surface area contributed by atoms with Gasteiger partial charge < -0.3 is 9.64 Å². The lowest BCUT2D eigenvalue weighted by molar-refractivity contribution is 0.177. The molecule has 0 aliphatic carbocycles. The molecule has 0 saturated carbocycles. The van der Waals surface area contributed by atoms with Crippen LogP contribution in [0.4, 0.5) is 4.39 Å². The quantitative estimate of drug-likeness (QED) is 0.527. The molecule has 5 heteroatoms. The molecule has 0 spiro atoms. The summed E-state index contributed by atoms with van der Waals surface area (Å²) < 4.78 is 18.9. The van der Waals surface area contributed by atoms with E-state index in [9.17, 15) is 4.39 Å². The zero-order valence-corrected chi connectivity index (χ0v) is 17.7. The number of nitrogens with zero attached hydrogens (tertiary/aromatic N) is 2. The fraction of sp³-hybridized carbons (Fsp3) is 0.240. The van der Waals surface area contributed by atoms with Crippen LogP contribution >= 0.6 is 12.2 Å². The first kappa shape index (κ1) is 20.5. The average Bonchev–Trinajstić information content (AvgIpc) is 2.80. The summed E-state index contributed by atoms with van der Waals surface area (Å²) in [6.07, 6.45) is 0.